The first-order chi connectivity index (χ1) is 14.6. The predicted octanol–water partition coefficient (Wildman–Crippen LogP) is 4.71. The maximum absolute atomic E-state index is 12.8. The van der Waals surface area contributed by atoms with E-state index in [1.165, 1.54) is 16.8 Å². The van der Waals surface area contributed by atoms with Gasteiger partial charge in [0.25, 0.3) is 0 Å². The van der Waals surface area contributed by atoms with Gasteiger partial charge in [0, 0.05) is 28.4 Å². The van der Waals surface area contributed by atoms with E-state index in [9.17, 15) is 4.79 Å². The number of nitrogens with one attached hydrogen (secondary N) is 2. The number of carbonyl (C=O) groups is 1. The first kappa shape index (κ1) is 18.7. The number of aryl methyl sites for hydroxylation is 2. The van der Waals surface area contributed by atoms with Gasteiger partial charge in [-0.2, -0.15) is 5.10 Å². The molecule has 4 aromatic rings. The summed E-state index contributed by atoms with van der Waals surface area (Å²) in [6.07, 6.45) is 7.22. The zero-order valence-corrected chi connectivity index (χ0v) is 17.4. The van der Waals surface area contributed by atoms with Gasteiger partial charge in [-0.25, -0.2) is 4.68 Å². The van der Waals surface area contributed by atoms with Crippen LogP contribution in [0, 0.1) is 13.8 Å². The smallest absolute Gasteiger partial charge is 0.224 e. The molecule has 1 atom stereocenters. The third kappa shape index (κ3) is 3.41. The number of rotatable bonds is 4. The number of nitrogens with zero attached hydrogens (tertiary/aromatic N) is 2. The number of hydrogen-bond donors (Lipinski definition) is 2. The average Bonchev–Trinajstić information content (AvgIpc) is 3.32. The Labute approximate surface area is 176 Å². The number of amides is 1. The highest BCUT2D eigenvalue weighted by Gasteiger charge is 2.26. The molecule has 0 fully saturated rings. The van der Waals surface area contributed by atoms with Gasteiger partial charge >= 0.3 is 0 Å². The van der Waals surface area contributed by atoms with Crippen molar-refractivity contribution in [2.75, 3.05) is 0 Å². The number of benzene rings is 2. The quantitative estimate of drug-likeness (QED) is 0.523. The van der Waals surface area contributed by atoms with Crippen molar-refractivity contribution < 1.29 is 4.79 Å². The molecule has 0 saturated carbocycles. The van der Waals surface area contributed by atoms with Crippen LogP contribution in [0.25, 0.3) is 16.6 Å². The van der Waals surface area contributed by atoms with E-state index in [2.05, 4.69) is 53.5 Å². The Morgan fingerprint density at radius 2 is 2.00 bits per heavy atom. The van der Waals surface area contributed by atoms with Gasteiger partial charge < -0.3 is 10.3 Å². The number of aromatic nitrogens is 3. The van der Waals surface area contributed by atoms with Crippen molar-refractivity contribution in [3.63, 3.8) is 0 Å². The summed E-state index contributed by atoms with van der Waals surface area (Å²) in [4.78, 5) is 16.1. The van der Waals surface area contributed by atoms with Crippen LogP contribution in [-0.2, 0) is 17.6 Å². The summed E-state index contributed by atoms with van der Waals surface area (Å²) in [5.41, 5.74) is 8.01. The van der Waals surface area contributed by atoms with Crippen molar-refractivity contribution in [2.24, 2.45) is 0 Å². The average molecular weight is 399 g/mol. The van der Waals surface area contributed by atoms with Gasteiger partial charge in [0.05, 0.1) is 24.3 Å². The molecule has 30 heavy (non-hydrogen) atoms. The summed E-state index contributed by atoms with van der Waals surface area (Å²) in [5.74, 6) is 0.0525. The molecule has 1 aliphatic rings. The van der Waals surface area contributed by atoms with Crippen molar-refractivity contribution in [3.05, 3.63) is 82.8 Å². The minimum atomic E-state index is 0.0195. The Hall–Kier alpha value is -3.34. The van der Waals surface area contributed by atoms with Gasteiger partial charge in [-0.1, -0.05) is 24.3 Å². The standard InChI is InChI=1S/C25H26N4O/c1-16-10-17(2)12-19(11-16)29-24-9-5-8-23(21(24)15-27-29)28-25(30)13-18-14-26-22-7-4-3-6-20(18)22/h3-4,6-7,10-12,14-15,23,26H,5,8-9,13H2,1-2H3,(H,28,30)/t23-/m1/s1. The Bertz CT molecular complexity index is 1210. The highest BCUT2D eigenvalue weighted by atomic mass is 16.1. The minimum Gasteiger partial charge on any atom is -0.361 e. The Morgan fingerprint density at radius 3 is 2.83 bits per heavy atom. The van der Waals surface area contributed by atoms with E-state index < -0.39 is 0 Å². The molecule has 2 N–H and O–H groups in total. The van der Waals surface area contributed by atoms with Crippen molar-refractivity contribution in [2.45, 2.75) is 45.6 Å². The third-order valence-corrected chi connectivity index (χ3v) is 6.00. The van der Waals surface area contributed by atoms with E-state index in [-0.39, 0.29) is 11.9 Å². The van der Waals surface area contributed by atoms with Gasteiger partial charge in [0.2, 0.25) is 5.91 Å². The number of fused-ring (bicyclic) bond motifs is 2. The van der Waals surface area contributed by atoms with Crippen LogP contribution in [0.15, 0.2) is 54.9 Å². The number of aromatic amines is 1. The van der Waals surface area contributed by atoms with E-state index in [1.54, 1.807) is 0 Å². The molecule has 0 bridgehead atoms. The lowest BCUT2D eigenvalue weighted by Crippen LogP contribution is -2.32. The van der Waals surface area contributed by atoms with Gasteiger partial charge in [-0.15, -0.1) is 0 Å². The summed E-state index contributed by atoms with van der Waals surface area (Å²) >= 11 is 0. The van der Waals surface area contributed by atoms with Crippen LogP contribution >= 0.6 is 0 Å². The first-order valence-corrected chi connectivity index (χ1v) is 10.6. The molecular formula is C25H26N4O. The zero-order valence-electron chi connectivity index (χ0n) is 17.4. The third-order valence-electron chi connectivity index (χ3n) is 6.00. The molecule has 0 spiro atoms. The van der Waals surface area contributed by atoms with E-state index in [0.29, 0.717) is 6.42 Å². The second kappa shape index (κ2) is 7.48. The fraction of sp³-hybridized carbons (Fsp3) is 0.280. The lowest BCUT2D eigenvalue weighted by Gasteiger charge is -2.24. The highest BCUT2D eigenvalue weighted by Crippen LogP contribution is 2.31. The van der Waals surface area contributed by atoms with Crippen molar-refractivity contribution in [3.8, 4) is 5.69 Å². The molecule has 5 heteroatoms. The predicted molar refractivity (Wildman–Crippen MR) is 119 cm³/mol. The largest absolute Gasteiger partial charge is 0.361 e. The molecule has 1 aliphatic carbocycles. The molecule has 5 nitrogen and oxygen atoms in total. The minimum absolute atomic E-state index is 0.0195. The molecule has 152 valence electrons. The monoisotopic (exact) mass is 398 g/mol. The number of H-pyrrole nitrogens is 1. The van der Waals surface area contributed by atoms with Crippen LogP contribution in [0.2, 0.25) is 0 Å². The van der Waals surface area contributed by atoms with Gasteiger partial charge in [-0.3, -0.25) is 4.79 Å². The summed E-state index contributed by atoms with van der Waals surface area (Å²) < 4.78 is 2.05. The lowest BCUT2D eigenvalue weighted by atomic mass is 9.92. The summed E-state index contributed by atoms with van der Waals surface area (Å²) in [5, 5.41) is 9.06. The molecule has 2 aromatic heterocycles. The Morgan fingerprint density at radius 1 is 1.20 bits per heavy atom. The van der Waals surface area contributed by atoms with Crippen LogP contribution in [0.1, 0.15) is 46.8 Å². The number of carbonyl (C=O) groups excluding carboxylic acids is 1. The first-order valence-electron chi connectivity index (χ1n) is 10.6. The summed E-state index contributed by atoms with van der Waals surface area (Å²) in [7, 11) is 0. The fourth-order valence-corrected chi connectivity index (χ4v) is 4.70. The molecule has 2 heterocycles. The SMILES string of the molecule is Cc1cc(C)cc(-n2ncc3c2CCC[C@H]3NC(=O)Cc2c[nH]c3ccccc23)c1. The van der Waals surface area contributed by atoms with Crippen LogP contribution in [0.4, 0.5) is 0 Å². The normalized spacial score (nSPS) is 15.9. The fourth-order valence-electron chi connectivity index (χ4n) is 4.70. The van der Waals surface area contributed by atoms with Crippen molar-refractivity contribution >= 4 is 16.8 Å². The highest BCUT2D eigenvalue weighted by molar-refractivity contribution is 5.89. The summed E-state index contributed by atoms with van der Waals surface area (Å²) in [6.45, 7) is 4.22. The number of hydrogen-bond acceptors (Lipinski definition) is 2. The topological polar surface area (TPSA) is 62.7 Å². The van der Waals surface area contributed by atoms with Crippen molar-refractivity contribution in [1.82, 2.24) is 20.1 Å². The zero-order chi connectivity index (χ0) is 20.7. The maximum Gasteiger partial charge on any atom is 0.224 e. The Kier molecular flexibility index (Phi) is 4.66. The second-order valence-electron chi connectivity index (χ2n) is 8.35. The second-order valence-corrected chi connectivity index (χ2v) is 8.35. The van der Waals surface area contributed by atoms with Gasteiger partial charge in [-0.05, 0) is 68.0 Å². The molecule has 2 aromatic carbocycles. The van der Waals surface area contributed by atoms with E-state index >= 15 is 0 Å². The molecule has 1 amide bonds. The maximum atomic E-state index is 12.8. The van der Waals surface area contributed by atoms with Crippen LogP contribution in [-0.4, -0.2) is 20.7 Å². The van der Waals surface area contributed by atoms with Gasteiger partial charge in [0.15, 0.2) is 0 Å². The van der Waals surface area contributed by atoms with Crippen LogP contribution in [0.3, 0.4) is 0 Å². The molecule has 0 saturated heterocycles. The molecule has 0 radical (unpaired) electrons. The summed E-state index contributed by atoms with van der Waals surface area (Å²) in [6, 6.07) is 14.6. The van der Waals surface area contributed by atoms with Crippen molar-refractivity contribution in [1.29, 1.82) is 0 Å². The van der Waals surface area contributed by atoms with E-state index in [1.807, 2.05) is 35.3 Å². The molecule has 5 rings (SSSR count). The Balaban J connectivity index is 1.37. The molecule has 0 aliphatic heterocycles. The number of para-hydroxylation sites is 1. The van der Waals surface area contributed by atoms with Crippen LogP contribution in [0.5, 0.6) is 0 Å². The molecule has 0 unspecified atom stereocenters. The van der Waals surface area contributed by atoms with E-state index in [0.717, 1.165) is 47.0 Å². The van der Waals surface area contributed by atoms with Crippen LogP contribution < -0.4 is 5.32 Å². The molecular weight excluding hydrogens is 372 g/mol. The van der Waals surface area contributed by atoms with E-state index in [4.69, 9.17) is 0 Å². The lowest BCUT2D eigenvalue weighted by molar-refractivity contribution is -0.121. The van der Waals surface area contributed by atoms with Gasteiger partial charge in [0.1, 0.15) is 0 Å².